The van der Waals surface area contributed by atoms with E-state index >= 15 is 0 Å². The molecule has 0 bridgehead atoms. The summed E-state index contributed by atoms with van der Waals surface area (Å²) in [5, 5.41) is 3.16. The van der Waals surface area contributed by atoms with E-state index in [9.17, 15) is 9.59 Å². The summed E-state index contributed by atoms with van der Waals surface area (Å²) < 4.78 is 16.0. The highest BCUT2D eigenvalue weighted by atomic mass is 35.5. The fraction of sp³-hybridized carbons (Fsp3) is 0.250. The van der Waals surface area contributed by atoms with Crippen molar-refractivity contribution in [1.29, 1.82) is 0 Å². The van der Waals surface area contributed by atoms with Crippen molar-refractivity contribution in [3.63, 3.8) is 0 Å². The van der Waals surface area contributed by atoms with Crippen molar-refractivity contribution in [2.45, 2.75) is 18.1 Å². The molecule has 4 rings (SSSR count). The molecule has 1 N–H and O–H groups in total. The molecule has 1 aliphatic rings. The Bertz CT molecular complexity index is 1330. The van der Waals surface area contributed by atoms with Gasteiger partial charge in [-0.05, 0) is 60.5 Å². The van der Waals surface area contributed by atoms with Gasteiger partial charge in [0.1, 0.15) is 11.0 Å². The van der Waals surface area contributed by atoms with E-state index in [1.165, 1.54) is 11.8 Å². The number of ether oxygens (including phenoxy) is 3. The minimum atomic E-state index is -0.611. The van der Waals surface area contributed by atoms with Crippen LogP contribution < -0.4 is 19.5 Å². The Labute approximate surface area is 230 Å². The number of hydrogen-bond donors (Lipinski definition) is 1. The van der Waals surface area contributed by atoms with Gasteiger partial charge in [-0.15, -0.1) is 0 Å². The predicted octanol–water partition coefficient (Wildman–Crippen LogP) is 5.57. The second-order valence-corrected chi connectivity index (χ2v) is 9.94. The van der Waals surface area contributed by atoms with Gasteiger partial charge in [0.15, 0.2) is 16.7 Å². The van der Waals surface area contributed by atoms with E-state index in [1.807, 2.05) is 42.5 Å². The Kier molecular flexibility index (Phi) is 9.15. The maximum atomic E-state index is 13.5. The van der Waals surface area contributed by atoms with Crippen LogP contribution in [-0.4, -0.2) is 55.0 Å². The van der Waals surface area contributed by atoms with Crippen molar-refractivity contribution in [1.82, 2.24) is 4.90 Å². The molecule has 0 aliphatic carbocycles. The second-order valence-electron chi connectivity index (χ2n) is 8.36. The third-order valence-corrected chi connectivity index (χ3v) is 7.41. The minimum Gasteiger partial charge on any atom is -0.497 e. The van der Waals surface area contributed by atoms with Crippen molar-refractivity contribution >= 4 is 51.7 Å². The number of nitrogens with zero attached hydrogens (tertiary/aromatic N) is 2. The number of halogens is 1. The van der Waals surface area contributed by atoms with Crippen LogP contribution in [0.15, 0.2) is 71.7 Å². The Morgan fingerprint density at radius 3 is 2.42 bits per heavy atom. The SMILES string of the molecule is COc1ccc(N=C2SC(CC(=O)Nc3ccccc3Cl)C(=O)N2CCc2ccc(OC)c(OC)c2)cc1. The molecule has 1 heterocycles. The van der Waals surface area contributed by atoms with Crippen LogP contribution in [0.25, 0.3) is 0 Å². The molecule has 1 unspecified atom stereocenters. The van der Waals surface area contributed by atoms with Gasteiger partial charge in [0, 0.05) is 13.0 Å². The molecule has 3 aromatic carbocycles. The topological polar surface area (TPSA) is 89.5 Å². The van der Waals surface area contributed by atoms with E-state index in [1.54, 1.807) is 50.5 Å². The van der Waals surface area contributed by atoms with Crippen LogP contribution in [-0.2, 0) is 16.0 Å². The lowest BCUT2D eigenvalue weighted by atomic mass is 10.1. The molecule has 0 radical (unpaired) electrons. The highest BCUT2D eigenvalue weighted by Gasteiger charge is 2.39. The third kappa shape index (κ3) is 6.59. The van der Waals surface area contributed by atoms with Crippen LogP contribution in [0, 0.1) is 0 Å². The molecule has 2 amide bonds. The largest absolute Gasteiger partial charge is 0.497 e. The smallest absolute Gasteiger partial charge is 0.242 e. The maximum absolute atomic E-state index is 13.5. The average molecular weight is 554 g/mol. The Hall–Kier alpha value is -3.69. The standard InChI is InChI=1S/C28H28ClN3O5S/c1-35-20-11-9-19(10-12-20)30-28-32(15-14-18-8-13-23(36-2)24(16-18)37-3)27(34)25(38-28)17-26(33)31-22-7-5-4-6-21(22)29/h4-13,16,25H,14-15,17H2,1-3H3,(H,31,33). The number of thioether (sulfide) groups is 1. The molecule has 1 saturated heterocycles. The highest BCUT2D eigenvalue weighted by Crippen LogP contribution is 2.33. The summed E-state index contributed by atoms with van der Waals surface area (Å²) >= 11 is 7.45. The lowest BCUT2D eigenvalue weighted by molar-refractivity contribution is -0.128. The van der Waals surface area contributed by atoms with Gasteiger partial charge in [-0.2, -0.15) is 0 Å². The number of hydrogen-bond acceptors (Lipinski definition) is 7. The molecule has 3 aromatic rings. The number of rotatable bonds is 10. The van der Waals surface area contributed by atoms with Crippen LogP contribution in [0.1, 0.15) is 12.0 Å². The zero-order chi connectivity index (χ0) is 27.1. The molecule has 1 atom stereocenters. The summed E-state index contributed by atoms with van der Waals surface area (Å²) in [6.07, 6.45) is 0.552. The van der Waals surface area contributed by atoms with Gasteiger partial charge in [0.25, 0.3) is 0 Å². The van der Waals surface area contributed by atoms with E-state index in [4.69, 9.17) is 30.8 Å². The molecular weight excluding hydrogens is 526 g/mol. The monoisotopic (exact) mass is 553 g/mol. The number of benzene rings is 3. The Balaban J connectivity index is 1.53. The molecule has 1 fully saturated rings. The number of methoxy groups -OCH3 is 3. The molecule has 10 heteroatoms. The number of anilines is 1. The fourth-order valence-corrected chi connectivity index (χ4v) is 5.27. The lowest BCUT2D eigenvalue weighted by Crippen LogP contribution is -2.35. The summed E-state index contributed by atoms with van der Waals surface area (Å²) in [5.74, 6) is 1.50. The summed E-state index contributed by atoms with van der Waals surface area (Å²) in [7, 11) is 4.77. The van der Waals surface area contributed by atoms with Gasteiger partial charge in [0.2, 0.25) is 11.8 Å². The lowest BCUT2D eigenvalue weighted by Gasteiger charge is -2.17. The van der Waals surface area contributed by atoms with E-state index in [0.29, 0.717) is 51.8 Å². The van der Waals surface area contributed by atoms with Gasteiger partial charge in [-0.25, -0.2) is 4.99 Å². The predicted molar refractivity (Wildman–Crippen MR) is 151 cm³/mol. The molecular formula is C28H28ClN3O5S. The number of aliphatic imine (C=N–C) groups is 1. The first-order valence-electron chi connectivity index (χ1n) is 11.9. The maximum Gasteiger partial charge on any atom is 0.242 e. The molecule has 0 aromatic heterocycles. The van der Waals surface area contributed by atoms with Crippen molar-refractivity contribution in [2.75, 3.05) is 33.2 Å². The van der Waals surface area contributed by atoms with Gasteiger partial charge >= 0.3 is 0 Å². The summed E-state index contributed by atoms with van der Waals surface area (Å²) in [5.41, 5.74) is 2.16. The van der Waals surface area contributed by atoms with Crippen LogP contribution in [0.4, 0.5) is 11.4 Å². The molecule has 198 valence electrons. The number of amidine groups is 1. The third-order valence-electron chi connectivity index (χ3n) is 5.91. The zero-order valence-electron chi connectivity index (χ0n) is 21.3. The summed E-state index contributed by atoms with van der Waals surface area (Å²) in [6.45, 7) is 0.388. The molecule has 38 heavy (non-hydrogen) atoms. The first kappa shape index (κ1) is 27.3. The molecule has 0 spiro atoms. The average Bonchev–Trinajstić information content (AvgIpc) is 3.21. The normalized spacial score (nSPS) is 16.0. The molecule has 0 saturated carbocycles. The number of amides is 2. The van der Waals surface area contributed by atoms with Crippen molar-refractivity contribution in [3.8, 4) is 17.2 Å². The van der Waals surface area contributed by atoms with Crippen molar-refractivity contribution in [3.05, 3.63) is 77.3 Å². The van der Waals surface area contributed by atoms with Crippen molar-refractivity contribution < 1.29 is 23.8 Å². The number of carbonyl (C=O) groups excluding carboxylic acids is 2. The van der Waals surface area contributed by atoms with E-state index in [2.05, 4.69) is 5.32 Å². The molecule has 8 nitrogen and oxygen atoms in total. The van der Waals surface area contributed by atoms with Crippen LogP contribution in [0.2, 0.25) is 5.02 Å². The summed E-state index contributed by atoms with van der Waals surface area (Å²) in [6, 6.07) is 19.9. The van der Waals surface area contributed by atoms with Crippen molar-refractivity contribution in [2.24, 2.45) is 4.99 Å². The zero-order valence-corrected chi connectivity index (χ0v) is 22.8. The van der Waals surface area contributed by atoms with E-state index in [0.717, 1.165) is 5.56 Å². The van der Waals surface area contributed by atoms with Gasteiger partial charge in [-0.3, -0.25) is 14.5 Å². The van der Waals surface area contributed by atoms with Crippen LogP contribution >= 0.6 is 23.4 Å². The van der Waals surface area contributed by atoms with E-state index < -0.39 is 5.25 Å². The van der Waals surface area contributed by atoms with Gasteiger partial charge in [0.05, 0.1) is 37.7 Å². The highest BCUT2D eigenvalue weighted by molar-refractivity contribution is 8.15. The number of nitrogens with one attached hydrogen (secondary N) is 1. The Morgan fingerprint density at radius 1 is 1.00 bits per heavy atom. The first-order chi connectivity index (χ1) is 18.4. The van der Waals surface area contributed by atoms with Gasteiger partial charge < -0.3 is 19.5 Å². The summed E-state index contributed by atoms with van der Waals surface area (Å²) in [4.78, 5) is 32.6. The molecule has 1 aliphatic heterocycles. The second kappa shape index (κ2) is 12.7. The van der Waals surface area contributed by atoms with Crippen LogP contribution in [0.5, 0.6) is 17.2 Å². The number of carbonyl (C=O) groups is 2. The van der Waals surface area contributed by atoms with E-state index in [-0.39, 0.29) is 18.2 Å². The quantitative estimate of drug-likeness (QED) is 0.353. The van der Waals surface area contributed by atoms with Gasteiger partial charge in [-0.1, -0.05) is 41.6 Å². The Morgan fingerprint density at radius 2 is 1.74 bits per heavy atom. The fourth-order valence-electron chi connectivity index (χ4n) is 3.91. The number of para-hydroxylation sites is 1. The van der Waals surface area contributed by atoms with Crippen LogP contribution in [0.3, 0.4) is 0 Å². The first-order valence-corrected chi connectivity index (χ1v) is 13.1. The minimum absolute atomic E-state index is 0.0107.